The van der Waals surface area contributed by atoms with Crippen LogP contribution < -0.4 is 9.46 Å². The van der Waals surface area contributed by atoms with Crippen molar-refractivity contribution in [3.63, 3.8) is 0 Å². The summed E-state index contributed by atoms with van der Waals surface area (Å²) in [5, 5.41) is 8.80. The van der Waals surface area contributed by atoms with Gasteiger partial charge < -0.3 is 9.84 Å². The van der Waals surface area contributed by atoms with Crippen LogP contribution in [0.2, 0.25) is 0 Å². The first-order valence-corrected chi connectivity index (χ1v) is 8.37. The quantitative estimate of drug-likeness (QED) is 0.610. The summed E-state index contributed by atoms with van der Waals surface area (Å²) in [6.45, 7) is 1.17. The number of carboxylic acids is 1. The van der Waals surface area contributed by atoms with Crippen molar-refractivity contribution in [1.82, 2.24) is 0 Å². The Morgan fingerprint density at radius 2 is 1.83 bits per heavy atom. The minimum absolute atomic E-state index is 0.0841. The molecule has 0 atom stereocenters. The first-order valence-electron chi connectivity index (χ1n) is 6.89. The third-order valence-corrected chi connectivity index (χ3v) is 4.35. The van der Waals surface area contributed by atoms with Gasteiger partial charge in [0.2, 0.25) is 0 Å². The van der Waals surface area contributed by atoms with Gasteiger partial charge in [-0.15, -0.1) is 0 Å². The highest BCUT2D eigenvalue weighted by atomic mass is 32.2. The first kappa shape index (κ1) is 17.5. The molecule has 0 aliphatic rings. The maximum absolute atomic E-state index is 12.5. The number of carboxylic acid groups (broad SMARTS) is 1. The van der Waals surface area contributed by atoms with E-state index in [9.17, 15) is 18.0 Å². The van der Waals surface area contributed by atoms with E-state index < -0.39 is 22.0 Å². The van der Waals surface area contributed by atoms with E-state index in [-0.39, 0.29) is 22.8 Å². The van der Waals surface area contributed by atoms with Crippen molar-refractivity contribution in [3.8, 4) is 5.75 Å². The van der Waals surface area contributed by atoms with E-state index in [4.69, 9.17) is 9.84 Å². The lowest BCUT2D eigenvalue weighted by Gasteiger charge is -2.12. The summed E-state index contributed by atoms with van der Waals surface area (Å²) in [5.41, 5.74) is 0.669. The molecule has 8 heteroatoms. The molecule has 7 nitrogen and oxygen atoms in total. The van der Waals surface area contributed by atoms with E-state index in [0.29, 0.717) is 5.56 Å². The number of anilines is 1. The van der Waals surface area contributed by atoms with Crippen molar-refractivity contribution in [2.45, 2.75) is 18.2 Å². The minimum Gasteiger partial charge on any atom is -0.481 e. The van der Waals surface area contributed by atoms with E-state index >= 15 is 0 Å². The molecular formula is C16H15NO6S. The van der Waals surface area contributed by atoms with Crippen LogP contribution in [0.5, 0.6) is 5.75 Å². The molecule has 0 spiro atoms. The van der Waals surface area contributed by atoms with Crippen molar-refractivity contribution in [2.75, 3.05) is 4.72 Å². The molecule has 0 unspecified atom stereocenters. The van der Waals surface area contributed by atoms with Crippen LogP contribution in [0.1, 0.15) is 12.5 Å². The molecule has 0 amide bonds. The van der Waals surface area contributed by atoms with Gasteiger partial charge in [0.05, 0.1) is 6.42 Å². The van der Waals surface area contributed by atoms with Crippen LogP contribution in [0, 0.1) is 0 Å². The summed E-state index contributed by atoms with van der Waals surface area (Å²) in [5.74, 6) is -1.74. The first-order chi connectivity index (χ1) is 11.3. The lowest BCUT2D eigenvalue weighted by molar-refractivity contribution is -0.136. The molecular weight excluding hydrogens is 334 g/mol. The Morgan fingerprint density at radius 3 is 2.50 bits per heavy atom. The molecule has 24 heavy (non-hydrogen) atoms. The largest absolute Gasteiger partial charge is 0.481 e. The summed E-state index contributed by atoms with van der Waals surface area (Å²) in [6, 6.07) is 11.8. The standard InChI is InChI=1S/C16H15NO6S/c1-11(18)23-14-7-2-3-8-15(14)24(21,22)17-13-6-4-5-12(9-13)10-16(19)20/h2-9,17H,10H2,1H3,(H,19,20). The molecule has 126 valence electrons. The van der Waals surface area contributed by atoms with Gasteiger partial charge in [0.15, 0.2) is 5.75 Å². The van der Waals surface area contributed by atoms with Gasteiger partial charge in [-0.3, -0.25) is 14.3 Å². The van der Waals surface area contributed by atoms with Gasteiger partial charge in [0.1, 0.15) is 4.90 Å². The van der Waals surface area contributed by atoms with Gasteiger partial charge in [-0.05, 0) is 29.8 Å². The number of rotatable bonds is 6. The van der Waals surface area contributed by atoms with Crippen molar-refractivity contribution in [2.24, 2.45) is 0 Å². The van der Waals surface area contributed by atoms with Crippen LogP contribution in [0.4, 0.5) is 5.69 Å². The fourth-order valence-corrected chi connectivity index (χ4v) is 3.22. The number of nitrogens with one attached hydrogen (secondary N) is 1. The van der Waals surface area contributed by atoms with Gasteiger partial charge in [0.25, 0.3) is 10.0 Å². The summed E-state index contributed by atoms with van der Waals surface area (Å²) in [6.07, 6.45) is -0.223. The molecule has 0 bridgehead atoms. The van der Waals surface area contributed by atoms with Crippen LogP contribution in [0.25, 0.3) is 0 Å². The molecule has 0 aliphatic heterocycles. The Bertz CT molecular complexity index is 876. The Labute approximate surface area is 138 Å². The zero-order valence-electron chi connectivity index (χ0n) is 12.7. The molecule has 2 aromatic carbocycles. The normalized spacial score (nSPS) is 10.9. The van der Waals surface area contributed by atoms with E-state index in [1.54, 1.807) is 18.2 Å². The number of hydrogen-bond donors (Lipinski definition) is 2. The predicted molar refractivity (Wildman–Crippen MR) is 86.3 cm³/mol. The highest BCUT2D eigenvalue weighted by Gasteiger charge is 2.20. The zero-order valence-corrected chi connectivity index (χ0v) is 13.5. The van der Waals surface area contributed by atoms with Gasteiger partial charge in [-0.1, -0.05) is 24.3 Å². The average molecular weight is 349 g/mol. The van der Waals surface area contributed by atoms with Crippen molar-refractivity contribution >= 4 is 27.6 Å². The number of benzene rings is 2. The smallest absolute Gasteiger partial charge is 0.308 e. The SMILES string of the molecule is CC(=O)Oc1ccccc1S(=O)(=O)Nc1cccc(CC(=O)O)c1. The number of ether oxygens (including phenoxy) is 1. The van der Waals surface area contributed by atoms with Gasteiger partial charge in [-0.25, -0.2) is 8.42 Å². The second-order valence-corrected chi connectivity index (χ2v) is 6.57. The Kier molecular flexibility index (Phi) is 5.20. The lowest BCUT2D eigenvalue weighted by atomic mass is 10.1. The Morgan fingerprint density at radius 1 is 1.12 bits per heavy atom. The maximum Gasteiger partial charge on any atom is 0.308 e. The van der Waals surface area contributed by atoms with E-state index in [0.717, 1.165) is 0 Å². The van der Waals surface area contributed by atoms with Crippen LogP contribution in [-0.2, 0) is 26.0 Å². The maximum atomic E-state index is 12.5. The van der Waals surface area contributed by atoms with Crippen molar-refractivity contribution in [1.29, 1.82) is 0 Å². The third kappa shape index (κ3) is 4.56. The number of carbonyl (C=O) groups excluding carboxylic acids is 1. The second-order valence-electron chi connectivity index (χ2n) is 4.92. The second kappa shape index (κ2) is 7.14. The number of esters is 1. The summed E-state index contributed by atoms with van der Waals surface area (Å²) in [7, 11) is -4.01. The zero-order chi connectivity index (χ0) is 17.7. The Hall–Kier alpha value is -2.87. The number of sulfonamides is 1. The van der Waals surface area contributed by atoms with Crippen LogP contribution in [0.15, 0.2) is 53.4 Å². The van der Waals surface area contributed by atoms with Gasteiger partial charge in [-0.2, -0.15) is 0 Å². The van der Waals surface area contributed by atoms with Crippen LogP contribution in [0.3, 0.4) is 0 Å². The third-order valence-electron chi connectivity index (χ3n) is 2.93. The van der Waals surface area contributed by atoms with Gasteiger partial charge in [0, 0.05) is 12.6 Å². The van der Waals surface area contributed by atoms with E-state index in [2.05, 4.69) is 4.72 Å². The highest BCUT2D eigenvalue weighted by Crippen LogP contribution is 2.26. The fourth-order valence-electron chi connectivity index (χ4n) is 2.04. The van der Waals surface area contributed by atoms with E-state index in [1.165, 1.54) is 37.3 Å². The van der Waals surface area contributed by atoms with E-state index in [1.807, 2.05) is 0 Å². The molecule has 2 aromatic rings. The number of aliphatic carboxylic acids is 1. The summed E-state index contributed by atoms with van der Waals surface area (Å²) < 4.78 is 32.3. The van der Waals surface area contributed by atoms with Gasteiger partial charge >= 0.3 is 11.9 Å². The average Bonchev–Trinajstić information content (AvgIpc) is 2.46. The fraction of sp³-hybridized carbons (Fsp3) is 0.125. The van der Waals surface area contributed by atoms with Crippen LogP contribution in [-0.4, -0.2) is 25.5 Å². The number of hydrogen-bond acceptors (Lipinski definition) is 5. The van der Waals surface area contributed by atoms with Crippen LogP contribution >= 0.6 is 0 Å². The summed E-state index contributed by atoms with van der Waals surface area (Å²) >= 11 is 0. The van der Waals surface area contributed by atoms with Crippen molar-refractivity contribution in [3.05, 3.63) is 54.1 Å². The summed E-state index contributed by atoms with van der Waals surface area (Å²) in [4.78, 5) is 21.7. The molecule has 0 aliphatic carbocycles. The predicted octanol–water partition coefficient (Wildman–Crippen LogP) is 2.04. The molecule has 0 fully saturated rings. The topological polar surface area (TPSA) is 110 Å². The molecule has 0 radical (unpaired) electrons. The molecule has 2 rings (SSSR count). The number of carbonyl (C=O) groups is 2. The monoisotopic (exact) mass is 349 g/mol. The molecule has 0 saturated carbocycles. The lowest BCUT2D eigenvalue weighted by Crippen LogP contribution is -2.15. The molecule has 0 heterocycles. The molecule has 2 N–H and O–H groups in total. The minimum atomic E-state index is -4.01. The highest BCUT2D eigenvalue weighted by molar-refractivity contribution is 7.92. The van der Waals surface area contributed by atoms with Crippen molar-refractivity contribution < 1.29 is 27.9 Å². The Balaban J connectivity index is 2.32. The molecule has 0 aromatic heterocycles. The molecule has 0 saturated heterocycles. The number of para-hydroxylation sites is 1.